The second-order valence-corrected chi connectivity index (χ2v) is 3.59. The fourth-order valence-electron chi connectivity index (χ4n) is 1.19. The van der Waals surface area contributed by atoms with Gasteiger partial charge in [-0.1, -0.05) is 18.2 Å². The number of nitrogens with zero attached hydrogens (tertiary/aromatic N) is 1. The van der Waals surface area contributed by atoms with Crippen LogP contribution in [0.5, 0.6) is 0 Å². The number of aryl methyl sites for hydroxylation is 1. The van der Waals surface area contributed by atoms with E-state index in [1.54, 1.807) is 12.1 Å². The van der Waals surface area contributed by atoms with Crippen molar-refractivity contribution in [2.24, 2.45) is 0 Å². The molecule has 0 spiro atoms. The third-order valence-electron chi connectivity index (χ3n) is 1.93. The highest BCUT2D eigenvalue weighted by Crippen LogP contribution is 2.25. The number of benzene rings is 1. The Morgan fingerprint density at radius 2 is 2.27 bits per heavy atom. The van der Waals surface area contributed by atoms with Crippen LogP contribution in [0.2, 0.25) is 0 Å². The summed E-state index contributed by atoms with van der Waals surface area (Å²) in [7, 11) is 0. The van der Waals surface area contributed by atoms with Crippen molar-refractivity contribution < 1.29 is 4.92 Å². The zero-order chi connectivity index (χ0) is 11.4. The predicted octanol–water partition coefficient (Wildman–Crippen LogP) is 2.89. The van der Waals surface area contributed by atoms with Crippen molar-refractivity contribution in [1.82, 2.24) is 0 Å². The van der Waals surface area contributed by atoms with Gasteiger partial charge in [-0.15, -0.1) is 0 Å². The number of hydrogen-bond acceptors (Lipinski definition) is 3. The van der Waals surface area contributed by atoms with Gasteiger partial charge in [0.2, 0.25) is 0 Å². The molecule has 0 saturated heterocycles. The lowest BCUT2D eigenvalue weighted by Gasteiger charge is -2.06. The Bertz CT molecular complexity index is 400. The fourth-order valence-corrected chi connectivity index (χ4v) is 1.19. The number of anilines is 1. The van der Waals surface area contributed by atoms with Crippen LogP contribution in [0.4, 0.5) is 11.4 Å². The molecule has 4 heteroatoms. The Morgan fingerprint density at radius 3 is 2.80 bits per heavy atom. The van der Waals surface area contributed by atoms with E-state index in [1.165, 1.54) is 0 Å². The SMILES string of the molecule is C=C(C)CNc1ccc(C)cc1[N+](=O)[O-]. The topological polar surface area (TPSA) is 55.2 Å². The highest BCUT2D eigenvalue weighted by Gasteiger charge is 2.12. The Kier molecular flexibility index (Phi) is 3.44. The first-order chi connectivity index (χ1) is 7.00. The third-order valence-corrected chi connectivity index (χ3v) is 1.93. The van der Waals surface area contributed by atoms with E-state index in [-0.39, 0.29) is 10.6 Å². The molecule has 0 aliphatic rings. The van der Waals surface area contributed by atoms with Gasteiger partial charge in [0, 0.05) is 12.6 Å². The van der Waals surface area contributed by atoms with Crippen LogP contribution in [0.1, 0.15) is 12.5 Å². The van der Waals surface area contributed by atoms with E-state index in [0.717, 1.165) is 11.1 Å². The number of nitro benzene ring substituents is 1. The van der Waals surface area contributed by atoms with Crippen LogP contribution in [0.15, 0.2) is 30.4 Å². The minimum atomic E-state index is -0.381. The molecule has 0 aliphatic heterocycles. The molecule has 1 N–H and O–H groups in total. The normalized spacial score (nSPS) is 9.73. The first-order valence-electron chi connectivity index (χ1n) is 4.64. The summed E-state index contributed by atoms with van der Waals surface area (Å²) in [5.41, 5.74) is 2.46. The molecule has 0 aliphatic carbocycles. The largest absolute Gasteiger partial charge is 0.376 e. The van der Waals surface area contributed by atoms with Crippen LogP contribution in [0.3, 0.4) is 0 Å². The summed E-state index contributed by atoms with van der Waals surface area (Å²) in [4.78, 5) is 10.4. The smallest absolute Gasteiger partial charge is 0.292 e. The quantitative estimate of drug-likeness (QED) is 0.468. The zero-order valence-electron chi connectivity index (χ0n) is 8.91. The molecule has 0 fully saturated rings. The summed E-state index contributed by atoms with van der Waals surface area (Å²) in [6.45, 7) is 7.97. The number of nitro groups is 1. The van der Waals surface area contributed by atoms with Gasteiger partial charge in [0.05, 0.1) is 4.92 Å². The summed E-state index contributed by atoms with van der Waals surface area (Å²) >= 11 is 0. The maximum atomic E-state index is 10.8. The first kappa shape index (κ1) is 11.2. The van der Waals surface area contributed by atoms with Crippen LogP contribution in [0.25, 0.3) is 0 Å². The van der Waals surface area contributed by atoms with Gasteiger partial charge in [-0.25, -0.2) is 0 Å². The molecule has 0 heterocycles. The molecular weight excluding hydrogens is 192 g/mol. The van der Waals surface area contributed by atoms with Crippen molar-refractivity contribution in [3.63, 3.8) is 0 Å². The van der Waals surface area contributed by atoms with Gasteiger partial charge in [-0.05, 0) is 25.5 Å². The Balaban J connectivity index is 2.95. The monoisotopic (exact) mass is 206 g/mol. The first-order valence-corrected chi connectivity index (χ1v) is 4.64. The molecule has 15 heavy (non-hydrogen) atoms. The highest BCUT2D eigenvalue weighted by molar-refractivity contribution is 5.62. The molecule has 0 bridgehead atoms. The molecule has 1 aromatic carbocycles. The molecule has 4 nitrogen and oxygen atoms in total. The lowest BCUT2D eigenvalue weighted by Crippen LogP contribution is -2.04. The van der Waals surface area contributed by atoms with Crippen molar-refractivity contribution >= 4 is 11.4 Å². The summed E-state index contributed by atoms with van der Waals surface area (Å²) in [6, 6.07) is 5.12. The van der Waals surface area contributed by atoms with E-state index in [2.05, 4.69) is 11.9 Å². The van der Waals surface area contributed by atoms with Crippen molar-refractivity contribution in [1.29, 1.82) is 0 Å². The minimum Gasteiger partial charge on any atom is -0.376 e. The van der Waals surface area contributed by atoms with Crippen LogP contribution in [-0.4, -0.2) is 11.5 Å². The van der Waals surface area contributed by atoms with Crippen molar-refractivity contribution in [2.75, 3.05) is 11.9 Å². The molecule has 0 atom stereocenters. The van der Waals surface area contributed by atoms with Crippen LogP contribution in [-0.2, 0) is 0 Å². The average Bonchev–Trinajstić information content (AvgIpc) is 2.15. The van der Waals surface area contributed by atoms with Gasteiger partial charge in [-0.3, -0.25) is 10.1 Å². The van der Waals surface area contributed by atoms with E-state index < -0.39 is 0 Å². The molecule has 1 aromatic rings. The molecule has 0 saturated carbocycles. The average molecular weight is 206 g/mol. The molecule has 80 valence electrons. The van der Waals surface area contributed by atoms with Crippen LogP contribution >= 0.6 is 0 Å². The molecule has 1 rings (SSSR count). The lowest BCUT2D eigenvalue weighted by atomic mass is 10.2. The van der Waals surface area contributed by atoms with Crippen molar-refractivity contribution in [3.8, 4) is 0 Å². The molecular formula is C11H14N2O2. The van der Waals surface area contributed by atoms with Gasteiger partial charge in [0.25, 0.3) is 5.69 Å². The zero-order valence-corrected chi connectivity index (χ0v) is 8.91. The number of nitrogens with one attached hydrogen (secondary N) is 1. The van der Waals surface area contributed by atoms with Crippen LogP contribution < -0.4 is 5.32 Å². The van der Waals surface area contributed by atoms with Crippen molar-refractivity contribution in [2.45, 2.75) is 13.8 Å². The maximum Gasteiger partial charge on any atom is 0.292 e. The molecule has 0 amide bonds. The molecule has 0 unspecified atom stereocenters. The predicted molar refractivity (Wildman–Crippen MR) is 61.1 cm³/mol. The molecule has 0 aromatic heterocycles. The van der Waals surface area contributed by atoms with Crippen LogP contribution in [0, 0.1) is 17.0 Å². The summed E-state index contributed by atoms with van der Waals surface area (Å²) < 4.78 is 0. The third kappa shape index (κ3) is 3.09. The van der Waals surface area contributed by atoms with Gasteiger partial charge < -0.3 is 5.32 Å². The van der Waals surface area contributed by atoms with Crippen molar-refractivity contribution in [3.05, 3.63) is 46.0 Å². The van der Waals surface area contributed by atoms with Gasteiger partial charge in [0.15, 0.2) is 0 Å². The fraction of sp³-hybridized carbons (Fsp3) is 0.273. The number of hydrogen-bond donors (Lipinski definition) is 1. The Morgan fingerprint density at radius 1 is 1.60 bits per heavy atom. The van der Waals surface area contributed by atoms with Gasteiger partial charge in [-0.2, -0.15) is 0 Å². The Labute approximate surface area is 88.8 Å². The number of rotatable bonds is 4. The Hall–Kier alpha value is -1.84. The second-order valence-electron chi connectivity index (χ2n) is 3.59. The van der Waals surface area contributed by atoms with E-state index in [9.17, 15) is 10.1 Å². The van der Waals surface area contributed by atoms with E-state index in [4.69, 9.17) is 0 Å². The maximum absolute atomic E-state index is 10.8. The lowest BCUT2D eigenvalue weighted by molar-refractivity contribution is -0.384. The van der Waals surface area contributed by atoms with E-state index in [0.29, 0.717) is 12.2 Å². The summed E-state index contributed by atoms with van der Waals surface area (Å²) in [6.07, 6.45) is 0. The highest BCUT2D eigenvalue weighted by atomic mass is 16.6. The summed E-state index contributed by atoms with van der Waals surface area (Å²) in [5.74, 6) is 0. The van der Waals surface area contributed by atoms with Gasteiger partial charge >= 0.3 is 0 Å². The van der Waals surface area contributed by atoms with Gasteiger partial charge in [0.1, 0.15) is 5.69 Å². The summed E-state index contributed by atoms with van der Waals surface area (Å²) in [5, 5.41) is 13.7. The minimum absolute atomic E-state index is 0.108. The van der Waals surface area contributed by atoms with E-state index in [1.807, 2.05) is 19.9 Å². The van der Waals surface area contributed by atoms with E-state index >= 15 is 0 Å². The molecule has 0 radical (unpaired) electrons. The standard InChI is InChI=1S/C11H14N2O2/c1-8(2)7-12-10-5-4-9(3)6-11(10)13(14)15/h4-6,12H,1,7H2,2-3H3. The second kappa shape index (κ2) is 4.59.